The van der Waals surface area contributed by atoms with Crippen molar-refractivity contribution in [1.82, 2.24) is 9.55 Å². The third-order valence-corrected chi connectivity index (χ3v) is 3.69. The first-order valence-corrected chi connectivity index (χ1v) is 7.42. The Morgan fingerprint density at radius 2 is 1.70 bits per heavy atom. The lowest BCUT2D eigenvalue weighted by molar-refractivity contribution is 0.0691. The first-order chi connectivity index (χ1) is 10.9. The Kier molecular flexibility index (Phi) is 3.74. The summed E-state index contributed by atoms with van der Waals surface area (Å²) in [6.45, 7) is 6.06. The summed E-state index contributed by atoms with van der Waals surface area (Å²) in [6, 6.07) is 14.1. The van der Waals surface area contributed by atoms with Gasteiger partial charge in [0.05, 0.1) is 0 Å². The summed E-state index contributed by atoms with van der Waals surface area (Å²) in [4.78, 5) is 15.7. The fourth-order valence-corrected chi connectivity index (χ4v) is 2.76. The van der Waals surface area contributed by atoms with Gasteiger partial charge in [0.15, 0.2) is 5.69 Å². The van der Waals surface area contributed by atoms with Gasteiger partial charge in [-0.15, -0.1) is 0 Å². The third-order valence-electron chi connectivity index (χ3n) is 3.69. The summed E-state index contributed by atoms with van der Waals surface area (Å²) in [7, 11) is 0. The van der Waals surface area contributed by atoms with Crippen LogP contribution in [0.3, 0.4) is 0 Å². The topological polar surface area (TPSA) is 55.1 Å². The predicted molar refractivity (Wildman–Crippen MR) is 90.2 cm³/mol. The first kappa shape index (κ1) is 15.0. The number of rotatable bonds is 3. The molecule has 0 aliphatic heterocycles. The molecule has 1 heterocycles. The average molecular weight is 306 g/mol. The van der Waals surface area contributed by atoms with Gasteiger partial charge in [-0.05, 0) is 50.1 Å². The van der Waals surface area contributed by atoms with Crippen LogP contribution in [0.5, 0.6) is 0 Å². The predicted octanol–water partition coefficient (Wildman–Crippen LogP) is 4.16. The number of imidazole rings is 1. The summed E-state index contributed by atoms with van der Waals surface area (Å²) < 4.78 is 1.85. The minimum absolute atomic E-state index is 0.0423. The molecule has 0 bridgehead atoms. The van der Waals surface area contributed by atoms with Crippen molar-refractivity contribution in [2.75, 3.05) is 0 Å². The van der Waals surface area contributed by atoms with Gasteiger partial charge in [0, 0.05) is 17.4 Å². The molecule has 4 heteroatoms. The number of hydrogen-bond acceptors (Lipinski definition) is 2. The van der Waals surface area contributed by atoms with E-state index in [1.807, 2.05) is 61.7 Å². The number of aromatic carboxylic acids is 1. The van der Waals surface area contributed by atoms with E-state index in [0.717, 1.165) is 27.9 Å². The third kappa shape index (κ3) is 3.01. The van der Waals surface area contributed by atoms with Crippen molar-refractivity contribution < 1.29 is 9.90 Å². The minimum Gasteiger partial charge on any atom is -0.476 e. The van der Waals surface area contributed by atoms with Crippen molar-refractivity contribution in [3.05, 3.63) is 71.0 Å². The van der Waals surface area contributed by atoms with Crippen LogP contribution in [0, 0.1) is 20.8 Å². The number of aromatic nitrogens is 2. The van der Waals surface area contributed by atoms with E-state index in [1.165, 1.54) is 0 Å². The number of aryl methyl sites for hydroxylation is 3. The van der Waals surface area contributed by atoms with E-state index < -0.39 is 5.97 Å². The van der Waals surface area contributed by atoms with Crippen LogP contribution >= 0.6 is 0 Å². The maximum Gasteiger partial charge on any atom is 0.356 e. The van der Waals surface area contributed by atoms with Gasteiger partial charge < -0.3 is 5.11 Å². The first-order valence-electron chi connectivity index (χ1n) is 7.42. The van der Waals surface area contributed by atoms with Gasteiger partial charge in [0.2, 0.25) is 0 Å². The monoisotopic (exact) mass is 306 g/mol. The highest BCUT2D eigenvalue weighted by molar-refractivity contribution is 5.86. The molecule has 4 nitrogen and oxygen atoms in total. The maximum absolute atomic E-state index is 11.4. The molecular formula is C19H18N2O2. The summed E-state index contributed by atoms with van der Waals surface area (Å²) in [5, 5.41) is 9.30. The molecule has 1 N–H and O–H groups in total. The van der Waals surface area contributed by atoms with E-state index in [-0.39, 0.29) is 5.69 Å². The van der Waals surface area contributed by atoms with Crippen LogP contribution in [0.2, 0.25) is 0 Å². The molecule has 0 aliphatic carbocycles. The largest absolute Gasteiger partial charge is 0.476 e. The molecular weight excluding hydrogens is 288 g/mol. The van der Waals surface area contributed by atoms with Crippen LogP contribution in [0.15, 0.2) is 48.7 Å². The number of carbonyl (C=O) groups is 1. The highest BCUT2D eigenvalue weighted by Gasteiger charge is 2.16. The fraction of sp³-hybridized carbons (Fsp3) is 0.158. The Hall–Kier alpha value is -2.88. The molecule has 3 aromatic rings. The molecule has 0 fully saturated rings. The number of carboxylic acid groups (broad SMARTS) is 1. The normalized spacial score (nSPS) is 10.7. The fourth-order valence-electron chi connectivity index (χ4n) is 2.76. The van der Waals surface area contributed by atoms with Crippen molar-refractivity contribution in [2.45, 2.75) is 20.8 Å². The lowest BCUT2D eigenvalue weighted by atomic mass is 10.1. The molecule has 0 saturated carbocycles. The molecule has 3 rings (SSSR count). The van der Waals surface area contributed by atoms with Crippen molar-refractivity contribution in [3.63, 3.8) is 0 Å². The van der Waals surface area contributed by atoms with Gasteiger partial charge in [0.25, 0.3) is 0 Å². The van der Waals surface area contributed by atoms with Crippen LogP contribution in [-0.2, 0) is 0 Å². The molecule has 2 aromatic carbocycles. The van der Waals surface area contributed by atoms with Crippen molar-refractivity contribution >= 4 is 5.97 Å². The molecule has 0 radical (unpaired) electrons. The lowest BCUT2D eigenvalue weighted by Crippen LogP contribution is -1.97. The summed E-state index contributed by atoms with van der Waals surface area (Å²) in [6.07, 6.45) is 1.58. The Morgan fingerprint density at radius 1 is 1.00 bits per heavy atom. The zero-order valence-electron chi connectivity index (χ0n) is 13.4. The van der Waals surface area contributed by atoms with Crippen molar-refractivity contribution in [1.29, 1.82) is 0 Å². The van der Waals surface area contributed by atoms with Gasteiger partial charge in [-0.3, -0.25) is 4.57 Å². The lowest BCUT2D eigenvalue weighted by Gasteiger charge is -2.10. The molecule has 23 heavy (non-hydrogen) atoms. The number of benzene rings is 2. The van der Waals surface area contributed by atoms with E-state index in [9.17, 15) is 9.90 Å². The van der Waals surface area contributed by atoms with E-state index in [2.05, 4.69) is 11.1 Å². The second kappa shape index (κ2) is 5.72. The highest BCUT2D eigenvalue weighted by Crippen LogP contribution is 2.25. The molecule has 1 aromatic heterocycles. The van der Waals surface area contributed by atoms with Gasteiger partial charge in [-0.25, -0.2) is 9.78 Å². The second-order valence-electron chi connectivity index (χ2n) is 5.84. The minimum atomic E-state index is -1.03. The Labute approximate surface area is 135 Å². The molecule has 0 atom stereocenters. The zero-order valence-corrected chi connectivity index (χ0v) is 13.4. The molecule has 0 spiro atoms. The van der Waals surface area contributed by atoms with Gasteiger partial charge in [-0.2, -0.15) is 0 Å². The standard InChI is InChI=1S/C19H18N2O2/c1-12-5-4-6-15(8-12)18-20-17(19(22)23)11-21(18)16-9-13(2)7-14(3)10-16/h4-11H,1-3H3,(H,22,23). The Morgan fingerprint density at radius 3 is 2.30 bits per heavy atom. The Balaban J connectivity index is 2.25. The highest BCUT2D eigenvalue weighted by atomic mass is 16.4. The number of carboxylic acids is 1. The molecule has 0 unspecified atom stereocenters. The van der Waals surface area contributed by atoms with Gasteiger partial charge >= 0.3 is 5.97 Å². The molecule has 0 amide bonds. The summed E-state index contributed by atoms with van der Waals surface area (Å²) in [5.74, 6) is -0.391. The smallest absolute Gasteiger partial charge is 0.356 e. The van der Waals surface area contributed by atoms with E-state index in [0.29, 0.717) is 5.82 Å². The second-order valence-corrected chi connectivity index (χ2v) is 5.84. The van der Waals surface area contributed by atoms with Crippen LogP contribution < -0.4 is 0 Å². The number of nitrogens with zero attached hydrogens (tertiary/aromatic N) is 2. The van der Waals surface area contributed by atoms with Crippen LogP contribution in [0.4, 0.5) is 0 Å². The zero-order chi connectivity index (χ0) is 16.6. The number of hydrogen-bond donors (Lipinski definition) is 1. The SMILES string of the molecule is Cc1cccc(-c2nc(C(=O)O)cn2-c2cc(C)cc(C)c2)c1. The van der Waals surface area contributed by atoms with Crippen molar-refractivity contribution in [3.8, 4) is 17.1 Å². The summed E-state index contributed by atoms with van der Waals surface area (Å²) >= 11 is 0. The van der Waals surface area contributed by atoms with Gasteiger partial charge in [-0.1, -0.05) is 29.8 Å². The summed E-state index contributed by atoms with van der Waals surface area (Å²) in [5.41, 5.74) is 5.22. The quantitative estimate of drug-likeness (QED) is 0.790. The van der Waals surface area contributed by atoms with E-state index in [1.54, 1.807) is 6.20 Å². The van der Waals surface area contributed by atoms with E-state index in [4.69, 9.17) is 0 Å². The van der Waals surface area contributed by atoms with Gasteiger partial charge in [0.1, 0.15) is 5.82 Å². The van der Waals surface area contributed by atoms with Crippen molar-refractivity contribution in [2.24, 2.45) is 0 Å². The maximum atomic E-state index is 11.4. The molecule has 0 aliphatic rings. The Bertz CT molecular complexity index is 874. The van der Waals surface area contributed by atoms with Crippen LogP contribution in [0.1, 0.15) is 27.2 Å². The average Bonchev–Trinajstić information content (AvgIpc) is 2.91. The molecule has 116 valence electrons. The van der Waals surface area contributed by atoms with Crippen LogP contribution in [-0.4, -0.2) is 20.6 Å². The van der Waals surface area contributed by atoms with Crippen LogP contribution in [0.25, 0.3) is 17.1 Å². The molecule has 0 saturated heterocycles. The van der Waals surface area contributed by atoms with E-state index >= 15 is 0 Å².